The molecular formula is C19H23N5O2. The molecule has 7 heteroatoms. The average molecular weight is 353 g/mol. The lowest BCUT2D eigenvalue weighted by atomic mass is 9.85. The second-order valence-corrected chi connectivity index (χ2v) is 6.70. The first-order chi connectivity index (χ1) is 12.8. The molecule has 26 heavy (non-hydrogen) atoms. The van der Waals surface area contributed by atoms with E-state index in [4.69, 9.17) is 10.5 Å². The van der Waals surface area contributed by atoms with Gasteiger partial charge in [0.05, 0.1) is 23.3 Å². The predicted molar refractivity (Wildman–Crippen MR) is 101 cm³/mol. The minimum absolute atomic E-state index is 0.0219. The minimum atomic E-state index is -0.197. The van der Waals surface area contributed by atoms with Crippen LogP contribution in [-0.4, -0.2) is 40.8 Å². The van der Waals surface area contributed by atoms with Gasteiger partial charge >= 0.3 is 0 Å². The van der Waals surface area contributed by atoms with E-state index >= 15 is 0 Å². The number of benzene rings is 1. The van der Waals surface area contributed by atoms with Crippen LogP contribution in [0, 0.1) is 11.8 Å². The molecule has 4 rings (SSSR count). The van der Waals surface area contributed by atoms with Gasteiger partial charge in [-0.1, -0.05) is 12.1 Å². The Kier molecular flexibility index (Phi) is 4.73. The number of para-hydroxylation sites is 1. The number of nitrogens with one attached hydrogen (secondary N) is 3. The average Bonchev–Trinajstić information content (AvgIpc) is 3.33. The van der Waals surface area contributed by atoms with Gasteiger partial charge in [0.25, 0.3) is 0 Å². The highest BCUT2D eigenvalue weighted by Gasteiger charge is 2.29. The molecule has 0 saturated carbocycles. The Morgan fingerprint density at radius 1 is 1.35 bits per heavy atom. The zero-order valence-corrected chi connectivity index (χ0v) is 14.5. The maximum atomic E-state index is 12.9. The molecule has 0 bridgehead atoms. The number of nitrogens with two attached hydrogens (primary N) is 1. The fourth-order valence-electron chi connectivity index (χ4n) is 3.75. The first-order valence-electron chi connectivity index (χ1n) is 8.96. The summed E-state index contributed by atoms with van der Waals surface area (Å²) in [6.07, 6.45) is 7.33. The number of aromatic amines is 2. The van der Waals surface area contributed by atoms with E-state index in [0.29, 0.717) is 19.8 Å². The van der Waals surface area contributed by atoms with Crippen molar-refractivity contribution in [2.75, 3.05) is 25.1 Å². The van der Waals surface area contributed by atoms with E-state index in [9.17, 15) is 4.79 Å². The summed E-state index contributed by atoms with van der Waals surface area (Å²) in [4.78, 5) is 16.1. The third-order valence-corrected chi connectivity index (χ3v) is 5.21. The molecule has 0 radical (unpaired) electrons. The summed E-state index contributed by atoms with van der Waals surface area (Å²) in [6.45, 7) is 1.75. The highest BCUT2D eigenvalue weighted by molar-refractivity contribution is 6.06. The fourth-order valence-corrected chi connectivity index (χ4v) is 3.75. The normalized spacial score (nSPS) is 16.7. The summed E-state index contributed by atoms with van der Waals surface area (Å²) in [5.74, 6) is 0.0573. The number of rotatable bonds is 5. The third kappa shape index (κ3) is 3.11. The van der Waals surface area contributed by atoms with Crippen molar-refractivity contribution in [3.05, 3.63) is 36.8 Å². The zero-order chi connectivity index (χ0) is 17.9. The number of aromatic nitrogens is 3. The second-order valence-electron chi connectivity index (χ2n) is 6.70. The molecule has 136 valence electrons. The van der Waals surface area contributed by atoms with Crippen LogP contribution in [-0.2, 0) is 9.53 Å². The van der Waals surface area contributed by atoms with Gasteiger partial charge in [-0.15, -0.1) is 0 Å². The van der Waals surface area contributed by atoms with Crippen LogP contribution in [0.25, 0.3) is 22.0 Å². The first kappa shape index (κ1) is 16.8. The molecule has 5 N–H and O–H groups in total. The standard InChI is InChI=1S/C19H23N5O2/c20-8-15(12-4-6-26-7-5-12)19(25)24-17-3-1-2-14-16(11-21-18(14)17)13-9-22-23-10-13/h1-3,9-12,15,21H,4-8,20H2,(H,22,23)(H,24,25). The highest BCUT2D eigenvalue weighted by Crippen LogP contribution is 2.32. The molecule has 0 aliphatic carbocycles. The van der Waals surface area contributed by atoms with Crippen molar-refractivity contribution in [2.45, 2.75) is 12.8 Å². The number of hydrogen-bond donors (Lipinski definition) is 4. The van der Waals surface area contributed by atoms with E-state index in [2.05, 4.69) is 20.5 Å². The van der Waals surface area contributed by atoms with Crippen molar-refractivity contribution in [3.8, 4) is 11.1 Å². The maximum absolute atomic E-state index is 12.9. The number of anilines is 1. The molecule has 7 nitrogen and oxygen atoms in total. The number of nitrogens with zero attached hydrogens (tertiary/aromatic N) is 1. The molecule has 1 saturated heterocycles. The molecular weight excluding hydrogens is 330 g/mol. The van der Waals surface area contributed by atoms with E-state index in [1.165, 1.54) is 0 Å². The molecule has 3 heterocycles. The summed E-state index contributed by atoms with van der Waals surface area (Å²) in [5, 5.41) is 11.0. The molecule has 1 aliphatic heterocycles. The first-order valence-corrected chi connectivity index (χ1v) is 8.96. The SMILES string of the molecule is NCC(C(=O)Nc1cccc2c(-c3cn[nH]c3)c[nH]c12)C1CCOCC1. The molecule has 1 atom stereocenters. The van der Waals surface area contributed by atoms with Gasteiger partial charge in [0.2, 0.25) is 5.91 Å². The Hall–Kier alpha value is -2.64. The van der Waals surface area contributed by atoms with Gasteiger partial charge in [-0.2, -0.15) is 5.10 Å². The smallest absolute Gasteiger partial charge is 0.229 e. The van der Waals surface area contributed by atoms with Gasteiger partial charge in [-0.25, -0.2) is 0 Å². The van der Waals surface area contributed by atoms with E-state index < -0.39 is 0 Å². The minimum Gasteiger partial charge on any atom is -0.381 e. The van der Waals surface area contributed by atoms with Crippen molar-refractivity contribution in [1.82, 2.24) is 15.2 Å². The van der Waals surface area contributed by atoms with Crippen LogP contribution < -0.4 is 11.1 Å². The summed E-state index contributed by atoms with van der Waals surface area (Å²) >= 11 is 0. The topological polar surface area (TPSA) is 109 Å². The Labute approximate surface area is 151 Å². The Morgan fingerprint density at radius 2 is 2.19 bits per heavy atom. The monoisotopic (exact) mass is 353 g/mol. The van der Waals surface area contributed by atoms with Crippen LogP contribution >= 0.6 is 0 Å². The van der Waals surface area contributed by atoms with Gasteiger partial charge in [0.1, 0.15) is 0 Å². The largest absolute Gasteiger partial charge is 0.381 e. The van der Waals surface area contributed by atoms with Crippen molar-refractivity contribution in [3.63, 3.8) is 0 Å². The number of hydrogen-bond acceptors (Lipinski definition) is 4. The van der Waals surface area contributed by atoms with E-state index in [0.717, 1.165) is 40.6 Å². The molecule has 1 amide bonds. The number of carbonyl (C=O) groups excluding carboxylic acids is 1. The van der Waals surface area contributed by atoms with E-state index in [1.54, 1.807) is 6.20 Å². The van der Waals surface area contributed by atoms with Crippen LogP contribution in [0.2, 0.25) is 0 Å². The van der Waals surface area contributed by atoms with Gasteiger partial charge in [-0.3, -0.25) is 9.89 Å². The van der Waals surface area contributed by atoms with Crippen LogP contribution in [0.3, 0.4) is 0 Å². The van der Waals surface area contributed by atoms with E-state index in [1.807, 2.05) is 30.6 Å². The lowest BCUT2D eigenvalue weighted by molar-refractivity contribution is -0.122. The van der Waals surface area contributed by atoms with Gasteiger partial charge in [0, 0.05) is 48.7 Å². The third-order valence-electron chi connectivity index (χ3n) is 5.21. The summed E-state index contributed by atoms with van der Waals surface area (Å²) in [6, 6.07) is 5.89. The quantitative estimate of drug-likeness (QED) is 0.565. The number of carbonyl (C=O) groups is 1. The Bertz CT molecular complexity index is 881. The van der Waals surface area contributed by atoms with Crippen LogP contribution in [0.1, 0.15) is 12.8 Å². The van der Waals surface area contributed by atoms with Gasteiger partial charge in [0.15, 0.2) is 0 Å². The van der Waals surface area contributed by atoms with Crippen molar-refractivity contribution >= 4 is 22.5 Å². The molecule has 1 aromatic carbocycles. The molecule has 2 aromatic heterocycles. The fraction of sp³-hybridized carbons (Fsp3) is 0.368. The summed E-state index contributed by atoms with van der Waals surface area (Å²) in [7, 11) is 0. The number of amides is 1. The predicted octanol–water partition coefficient (Wildman–Crippen LogP) is 2.50. The lowest BCUT2D eigenvalue weighted by Gasteiger charge is -2.28. The van der Waals surface area contributed by atoms with Crippen molar-refractivity contribution < 1.29 is 9.53 Å². The van der Waals surface area contributed by atoms with E-state index in [-0.39, 0.29) is 17.7 Å². The highest BCUT2D eigenvalue weighted by atomic mass is 16.5. The number of ether oxygens (including phenoxy) is 1. The maximum Gasteiger partial charge on any atom is 0.229 e. The van der Waals surface area contributed by atoms with Gasteiger partial charge < -0.3 is 20.8 Å². The van der Waals surface area contributed by atoms with Gasteiger partial charge in [-0.05, 0) is 24.8 Å². The molecule has 1 fully saturated rings. The second kappa shape index (κ2) is 7.31. The van der Waals surface area contributed by atoms with Crippen LogP contribution in [0.5, 0.6) is 0 Å². The summed E-state index contributed by atoms with van der Waals surface area (Å²) < 4.78 is 5.40. The number of H-pyrrole nitrogens is 2. The van der Waals surface area contributed by atoms with Crippen LogP contribution in [0.15, 0.2) is 36.8 Å². The van der Waals surface area contributed by atoms with Crippen molar-refractivity contribution in [1.29, 1.82) is 0 Å². The molecule has 3 aromatic rings. The molecule has 1 aliphatic rings. The molecule has 1 unspecified atom stereocenters. The summed E-state index contributed by atoms with van der Waals surface area (Å²) in [5.41, 5.74) is 9.64. The zero-order valence-electron chi connectivity index (χ0n) is 14.5. The number of fused-ring (bicyclic) bond motifs is 1. The Balaban J connectivity index is 1.59. The van der Waals surface area contributed by atoms with Crippen LogP contribution in [0.4, 0.5) is 5.69 Å². The lowest BCUT2D eigenvalue weighted by Crippen LogP contribution is -2.37. The van der Waals surface area contributed by atoms with Crippen molar-refractivity contribution in [2.24, 2.45) is 17.6 Å². The molecule has 0 spiro atoms. The Morgan fingerprint density at radius 3 is 2.92 bits per heavy atom.